The first-order chi connectivity index (χ1) is 4.06. The fraction of sp³-hybridized carbons (Fsp3) is 1.00. The van der Waals surface area contributed by atoms with Crippen LogP contribution in [0.1, 0.15) is 6.42 Å². The number of rotatable bonds is 4. The lowest BCUT2D eigenvalue weighted by Crippen LogP contribution is -2.31. The number of nitrogens with one attached hydrogen (secondary N) is 1. The van der Waals surface area contributed by atoms with E-state index in [1.807, 2.05) is 4.72 Å². The Labute approximate surface area is 54.0 Å². The van der Waals surface area contributed by atoms with Crippen LogP contribution >= 0.6 is 0 Å². The van der Waals surface area contributed by atoms with Crippen LogP contribution in [0.25, 0.3) is 0 Å². The van der Waals surface area contributed by atoms with Crippen molar-refractivity contribution in [2.24, 2.45) is 5.14 Å². The van der Waals surface area contributed by atoms with E-state index in [1.165, 1.54) is 0 Å². The van der Waals surface area contributed by atoms with Crippen molar-refractivity contribution < 1.29 is 13.5 Å². The third kappa shape index (κ3) is 7.83. The molecule has 0 unspecified atom stereocenters. The highest BCUT2D eigenvalue weighted by atomic mass is 32.2. The van der Waals surface area contributed by atoms with Crippen LogP contribution in [0.3, 0.4) is 0 Å². The molecule has 5 nitrogen and oxygen atoms in total. The average molecular weight is 154 g/mol. The van der Waals surface area contributed by atoms with E-state index in [-0.39, 0.29) is 13.2 Å². The smallest absolute Gasteiger partial charge is 0.274 e. The highest BCUT2D eigenvalue weighted by Gasteiger charge is 1.96. The maximum Gasteiger partial charge on any atom is 0.274 e. The van der Waals surface area contributed by atoms with Crippen molar-refractivity contribution in [3.63, 3.8) is 0 Å². The van der Waals surface area contributed by atoms with Gasteiger partial charge in [0.05, 0.1) is 0 Å². The van der Waals surface area contributed by atoms with Gasteiger partial charge in [0.1, 0.15) is 0 Å². The Balaban J connectivity index is 3.30. The van der Waals surface area contributed by atoms with Gasteiger partial charge in [0, 0.05) is 13.2 Å². The monoisotopic (exact) mass is 154 g/mol. The van der Waals surface area contributed by atoms with E-state index in [9.17, 15) is 8.42 Å². The summed E-state index contributed by atoms with van der Waals surface area (Å²) in [6.45, 7) is 0.151. The van der Waals surface area contributed by atoms with E-state index < -0.39 is 10.2 Å². The third-order valence-corrected chi connectivity index (χ3v) is 1.24. The molecule has 9 heavy (non-hydrogen) atoms. The van der Waals surface area contributed by atoms with E-state index in [0.29, 0.717) is 6.42 Å². The Morgan fingerprint density at radius 3 is 2.44 bits per heavy atom. The molecule has 0 heterocycles. The molecule has 0 aliphatic carbocycles. The topological polar surface area (TPSA) is 92.4 Å². The van der Waals surface area contributed by atoms with E-state index >= 15 is 0 Å². The van der Waals surface area contributed by atoms with Gasteiger partial charge >= 0.3 is 0 Å². The summed E-state index contributed by atoms with van der Waals surface area (Å²) >= 11 is 0. The van der Waals surface area contributed by atoms with Crippen molar-refractivity contribution in [3.05, 3.63) is 0 Å². The molecule has 0 aromatic heterocycles. The first-order valence-electron chi connectivity index (χ1n) is 2.44. The van der Waals surface area contributed by atoms with Crippen LogP contribution in [0.2, 0.25) is 0 Å². The maximum absolute atomic E-state index is 10.1. The molecule has 0 saturated carbocycles. The third-order valence-electron chi connectivity index (χ3n) is 0.638. The molecular formula is C3H10N2O3S. The molecule has 56 valence electrons. The van der Waals surface area contributed by atoms with Gasteiger partial charge < -0.3 is 5.11 Å². The summed E-state index contributed by atoms with van der Waals surface area (Å²) in [5.74, 6) is 0. The lowest BCUT2D eigenvalue weighted by Gasteiger charge is -1.97. The fourth-order valence-corrected chi connectivity index (χ4v) is 0.722. The van der Waals surface area contributed by atoms with E-state index in [0.717, 1.165) is 0 Å². The molecule has 0 spiro atoms. The average Bonchev–Trinajstić information content (AvgIpc) is 1.63. The Bertz CT molecular complexity index is 152. The van der Waals surface area contributed by atoms with E-state index in [4.69, 9.17) is 5.11 Å². The Hall–Kier alpha value is -0.170. The second-order valence-corrected chi connectivity index (χ2v) is 2.90. The van der Waals surface area contributed by atoms with Gasteiger partial charge in [0.15, 0.2) is 0 Å². The lowest BCUT2D eigenvalue weighted by atomic mass is 10.5. The summed E-state index contributed by atoms with van der Waals surface area (Å²) < 4.78 is 22.2. The second kappa shape index (κ2) is 3.78. The Morgan fingerprint density at radius 1 is 1.56 bits per heavy atom. The summed E-state index contributed by atoms with van der Waals surface area (Å²) in [6, 6.07) is 0. The minimum absolute atomic E-state index is 0.0392. The molecule has 0 aromatic carbocycles. The number of aliphatic hydroxyl groups is 1. The van der Waals surface area contributed by atoms with Gasteiger partial charge in [-0.05, 0) is 6.42 Å². The number of nitrogens with two attached hydrogens (primary N) is 1. The highest BCUT2D eigenvalue weighted by Crippen LogP contribution is 1.72. The molecule has 0 atom stereocenters. The Morgan fingerprint density at radius 2 is 2.11 bits per heavy atom. The van der Waals surface area contributed by atoms with E-state index in [2.05, 4.69) is 5.14 Å². The normalized spacial score (nSPS) is 11.8. The van der Waals surface area contributed by atoms with Crippen LogP contribution in [-0.2, 0) is 10.2 Å². The Kier molecular flexibility index (Phi) is 3.71. The molecule has 0 aliphatic rings. The van der Waals surface area contributed by atoms with Gasteiger partial charge in [-0.3, -0.25) is 0 Å². The molecule has 4 N–H and O–H groups in total. The standard InChI is InChI=1S/C3H10N2O3S/c4-9(7,8)5-2-1-3-6/h5-6H,1-3H2,(H2,4,7,8). The summed E-state index contributed by atoms with van der Waals surface area (Å²) in [5.41, 5.74) is 0. The predicted octanol–water partition coefficient (Wildman–Crippen LogP) is -1.84. The van der Waals surface area contributed by atoms with Crippen molar-refractivity contribution >= 4 is 10.2 Å². The van der Waals surface area contributed by atoms with Crippen molar-refractivity contribution in [2.75, 3.05) is 13.2 Å². The molecule has 0 fully saturated rings. The zero-order valence-corrected chi connectivity index (χ0v) is 5.69. The van der Waals surface area contributed by atoms with Gasteiger partial charge in [-0.15, -0.1) is 0 Å². The van der Waals surface area contributed by atoms with Gasteiger partial charge in [-0.25, -0.2) is 9.86 Å². The quantitative estimate of drug-likeness (QED) is 0.415. The van der Waals surface area contributed by atoms with Crippen LogP contribution in [0, 0.1) is 0 Å². The first-order valence-corrected chi connectivity index (χ1v) is 3.99. The second-order valence-electron chi connectivity index (χ2n) is 1.52. The molecule has 0 amide bonds. The number of hydrogen-bond donors (Lipinski definition) is 3. The molecule has 0 radical (unpaired) electrons. The van der Waals surface area contributed by atoms with Crippen molar-refractivity contribution in [1.82, 2.24) is 4.72 Å². The summed E-state index contributed by atoms with van der Waals surface area (Å²) in [7, 11) is -3.56. The maximum atomic E-state index is 10.1. The van der Waals surface area contributed by atoms with Gasteiger partial charge in [-0.1, -0.05) is 0 Å². The van der Waals surface area contributed by atoms with Crippen LogP contribution in [0.5, 0.6) is 0 Å². The minimum Gasteiger partial charge on any atom is -0.396 e. The predicted molar refractivity (Wildman–Crippen MR) is 32.8 cm³/mol. The molecule has 6 heteroatoms. The van der Waals surface area contributed by atoms with Crippen molar-refractivity contribution in [3.8, 4) is 0 Å². The molecule has 0 bridgehead atoms. The lowest BCUT2D eigenvalue weighted by molar-refractivity contribution is 0.289. The summed E-state index contributed by atoms with van der Waals surface area (Å²) in [4.78, 5) is 0. The summed E-state index contributed by atoms with van der Waals surface area (Å²) in [6.07, 6.45) is 0.385. The van der Waals surface area contributed by atoms with Crippen molar-refractivity contribution in [2.45, 2.75) is 6.42 Å². The molecule has 0 saturated heterocycles. The molecule has 0 aromatic rings. The molecular weight excluding hydrogens is 144 g/mol. The number of hydrogen-bond acceptors (Lipinski definition) is 3. The fourth-order valence-electron chi connectivity index (χ4n) is 0.293. The van der Waals surface area contributed by atoms with Crippen LogP contribution in [-0.4, -0.2) is 26.7 Å². The van der Waals surface area contributed by atoms with Gasteiger partial charge in [0.25, 0.3) is 10.2 Å². The van der Waals surface area contributed by atoms with Gasteiger partial charge in [0.2, 0.25) is 0 Å². The van der Waals surface area contributed by atoms with Gasteiger partial charge in [-0.2, -0.15) is 8.42 Å². The SMILES string of the molecule is NS(=O)(=O)NCCCO. The van der Waals surface area contributed by atoms with E-state index in [1.54, 1.807) is 0 Å². The highest BCUT2D eigenvalue weighted by molar-refractivity contribution is 7.87. The largest absolute Gasteiger partial charge is 0.396 e. The zero-order chi connectivity index (χ0) is 7.33. The zero-order valence-electron chi connectivity index (χ0n) is 4.87. The van der Waals surface area contributed by atoms with Crippen LogP contribution in [0.4, 0.5) is 0 Å². The van der Waals surface area contributed by atoms with Crippen LogP contribution < -0.4 is 9.86 Å². The number of aliphatic hydroxyl groups excluding tert-OH is 1. The first kappa shape index (κ1) is 8.83. The molecule has 0 rings (SSSR count). The summed E-state index contributed by atoms with van der Waals surface area (Å²) in [5, 5.41) is 12.7. The van der Waals surface area contributed by atoms with Crippen LogP contribution in [0.15, 0.2) is 0 Å². The molecule has 0 aliphatic heterocycles. The van der Waals surface area contributed by atoms with Crippen molar-refractivity contribution in [1.29, 1.82) is 0 Å². The minimum atomic E-state index is -3.56.